The van der Waals surface area contributed by atoms with Gasteiger partial charge >= 0.3 is 0 Å². The molecule has 0 aliphatic carbocycles. The fourth-order valence-corrected chi connectivity index (χ4v) is 3.65. The van der Waals surface area contributed by atoms with E-state index >= 15 is 0 Å². The van der Waals surface area contributed by atoms with E-state index in [1.54, 1.807) is 31.2 Å². The van der Waals surface area contributed by atoms with E-state index in [4.69, 9.17) is 0 Å². The summed E-state index contributed by atoms with van der Waals surface area (Å²) in [5, 5.41) is 0. The molecular weight excluding hydrogens is 334 g/mol. The van der Waals surface area contributed by atoms with Gasteiger partial charge in [-0.25, -0.2) is 8.42 Å². The molecule has 0 saturated heterocycles. The van der Waals surface area contributed by atoms with E-state index in [9.17, 15) is 13.2 Å². The fourth-order valence-electron chi connectivity index (χ4n) is 2.43. The largest absolute Gasteiger partial charge is 0.295 e. The predicted octanol–water partition coefficient (Wildman–Crippen LogP) is 3.86. The third-order valence-electron chi connectivity index (χ3n) is 4.04. The van der Waals surface area contributed by atoms with Crippen LogP contribution in [0.4, 0.5) is 0 Å². The maximum absolute atomic E-state index is 12.7. The Bertz CT molecular complexity index is 866. The zero-order valence-corrected chi connectivity index (χ0v) is 15.6. The number of aryl methyl sites for hydroxylation is 2. The van der Waals surface area contributed by atoms with E-state index in [-0.39, 0.29) is 22.7 Å². The number of carbonyl (C=O) groups excluding carboxylic acids is 1. The normalized spacial score (nSPS) is 12.6. The van der Waals surface area contributed by atoms with Crippen molar-refractivity contribution >= 4 is 15.8 Å². The second-order valence-corrected chi connectivity index (χ2v) is 7.79. The Labute approximate surface area is 149 Å². The molecule has 2 rings (SSSR count). The number of hydrogen-bond acceptors (Lipinski definition) is 3. The lowest BCUT2D eigenvalue weighted by Crippen LogP contribution is -2.31. The molecule has 4 nitrogen and oxygen atoms in total. The average Bonchev–Trinajstić information content (AvgIpc) is 2.59. The third kappa shape index (κ3) is 4.65. The molecular formula is C20H23NO3S. The predicted molar refractivity (Wildman–Crippen MR) is 99.9 cm³/mol. The van der Waals surface area contributed by atoms with E-state index in [2.05, 4.69) is 11.3 Å². The number of sulfonamides is 1. The maximum atomic E-state index is 12.7. The van der Waals surface area contributed by atoms with Crippen LogP contribution in [0.3, 0.4) is 0 Å². The van der Waals surface area contributed by atoms with Crippen LogP contribution in [0.15, 0.2) is 65.6 Å². The highest BCUT2D eigenvalue weighted by molar-refractivity contribution is 7.89. The standard InChI is InChI=1S/C20H23NO3S/c1-5-19(22)16(4)20(17-10-6-14(2)7-11-17)21-25(23,24)18-12-8-15(3)9-13-18/h6-13,20-21H,4-5H2,1-3H3/t20-/m0/s1. The minimum Gasteiger partial charge on any atom is -0.295 e. The molecule has 0 radical (unpaired) electrons. The minimum absolute atomic E-state index is 0.159. The van der Waals surface area contributed by atoms with E-state index < -0.39 is 16.1 Å². The van der Waals surface area contributed by atoms with Gasteiger partial charge in [-0.3, -0.25) is 4.79 Å². The molecule has 1 atom stereocenters. The molecule has 1 N–H and O–H groups in total. The van der Waals surface area contributed by atoms with Crippen LogP contribution in [0.5, 0.6) is 0 Å². The molecule has 2 aromatic rings. The molecule has 0 aliphatic rings. The Kier molecular flexibility index (Phi) is 5.93. The van der Waals surface area contributed by atoms with Crippen molar-refractivity contribution in [2.75, 3.05) is 0 Å². The molecule has 0 aromatic heterocycles. The topological polar surface area (TPSA) is 63.2 Å². The first-order valence-electron chi connectivity index (χ1n) is 8.12. The highest BCUT2D eigenvalue weighted by atomic mass is 32.2. The van der Waals surface area contributed by atoms with Gasteiger partial charge in [-0.1, -0.05) is 61.0 Å². The van der Waals surface area contributed by atoms with Gasteiger partial charge in [0.2, 0.25) is 10.0 Å². The Morgan fingerprint density at radius 2 is 1.48 bits per heavy atom. The smallest absolute Gasteiger partial charge is 0.241 e. The SMILES string of the molecule is C=C(C(=O)CC)[C@H](NS(=O)(=O)c1ccc(C)cc1)c1ccc(C)cc1. The van der Waals surface area contributed by atoms with Crippen LogP contribution < -0.4 is 4.72 Å². The Hall–Kier alpha value is -2.24. The Morgan fingerprint density at radius 1 is 1.00 bits per heavy atom. The average molecular weight is 357 g/mol. The molecule has 25 heavy (non-hydrogen) atoms. The van der Waals surface area contributed by atoms with Crippen LogP contribution >= 0.6 is 0 Å². The quantitative estimate of drug-likeness (QED) is 0.765. The van der Waals surface area contributed by atoms with Crippen LogP contribution in [0.2, 0.25) is 0 Å². The summed E-state index contributed by atoms with van der Waals surface area (Å²) >= 11 is 0. The first-order valence-corrected chi connectivity index (χ1v) is 9.60. The van der Waals surface area contributed by atoms with Crippen molar-refractivity contribution in [3.63, 3.8) is 0 Å². The molecule has 0 spiro atoms. The third-order valence-corrected chi connectivity index (χ3v) is 5.48. The molecule has 132 valence electrons. The van der Waals surface area contributed by atoms with Crippen LogP contribution in [-0.2, 0) is 14.8 Å². The summed E-state index contributed by atoms with van der Waals surface area (Å²) in [7, 11) is -3.78. The second-order valence-electron chi connectivity index (χ2n) is 6.08. The van der Waals surface area contributed by atoms with Crippen LogP contribution in [0, 0.1) is 13.8 Å². The lowest BCUT2D eigenvalue weighted by atomic mass is 9.96. The first kappa shape index (κ1) is 19.1. The molecule has 0 aliphatic heterocycles. The number of ketones is 1. The van der Waals surface area contributed by atoms with E-state index in [1.165, 1.54) is 0 Å². The van der Waals surface area contributed by atoms with E-state index in [0.29, 0.717) is 5.56 Å². The summed E-state index contributed by atoms with van der Waals surface area (Å²) in [6.45, 7) is 9.41. The van der Waals surface area contributed by atoms with Crippen LogP contribution in [-0.4, -0.2) is 14.2 Å². The lowest BCUT2D eigenvalue weighted by Gasteiger charge is -2.21. The maximum Gasteiger partial charge on any atom is 0.241 e. The summed E-state index contributed by atoms with van der Waals surface area (Å²) in [5.41, 5.74) is 2.95. The molecule has 0 fully saturated rings. The lowest BCUT2D eigenvalue weighted by molar-refractivity contribution is -0.115. The first-order chi connectivity index (χ1) is 11.7. The van der Waals surface area contributed by atoms with E-state index in [1.807, 2.05) is 38.1 Å². The van der Waals surface area contributed by atoms with Crippen molar-refractivity contribution in [1.82, 2.24) is 4.72 Å². The molecule has 0 saturated carbocycles. The van der Waals surface area contributed by atoms with Crippen LogP contribution in [0.1, 0.15) is 36.1 Å². The van der Waals surface area contributed by atoms with Gasteiger partial charge in [0.05, 0.1) is 10.9 Å². The zero-order valence-electron chi connectivity index (χ0n) is 14.7. The van der Waals surface area contributed by atoms with Crippen molar-refractivity contribution in [1.29, 1.82) is 0 Å². The summed E-state index contributed by atoms with van der Waals surface area (Å²) in [5.74, 6) is -0.169. The second kappa shape index (κ2) is 7.76. The van der Waals surface area contributed by atoms with E-state index in [0.717, 1.165) is 11.1 Å². The van der Waals surface area contributed by atoms with Gasteiger partial charge in [-0.05, 0) is 31.5 Å². The highest BCUT2D eigenvalue weighted by Crippen LogP contribution is 2.25. The Morgan fingerprint density at radius 3 is 1.96 bits per heavy atom. The number of carbonyl (C=O) groups is 1. The summed E-state index contributed by atoms with van der Waals surface area (Å²) in [6.07, 6.45) is 0.271. The van der Waals surface area contributed by atoms with Crippen molar-refractivity contribution < 1.29 is 13.2 Å². The summed E-state index contributed by atoms with van der Waals surface area (Å²) < 4.78 is 28.1. The van der Waals surface area contributed by atoms with Gasteiger partial charge in [-0.2, -0.15) is 4.72 Å². The number of Topliss-reactive ketones (excluding diaryl/α,β-unsaturated/α-hetero) is 1. The molecule has 0 bridgehead atoms. The van der Waals surface area contributed by atoms with Gasteiger partial charge in [0.15, 0.2) is 5.78 Å². The number of hydrogen-bond donors (Lipinski definition) is 1. The molecule has 0 amide bonds. The Balaban J connectivity index is 2.41. The van der Waals surface area contributed by atoms with Crippen molar-refractivity contribution in [2.45, 2.75) is 38.1 Å². The van der Waals surface area contributed by atoms with Crippen molar-refractivity contribution in [3.05, 3.63) is 77.4 Å². The van der Waals surface area contributed by atoms with Crippen molar-refractivity contribution in [3.8, 4) is 0 Å². The van der Waals surface area contributed by atoms with Gasteiger partial charge in [0.25, 0.3) is 0 Å². The zero-order chi connectivity index (χ0) is 18.6. The van der Waals surface area contributed by atoms with Gasteiger partial charge in [0, 0.05) is 12.0 Å². The summed E-state index contributed by atoms with van der Waals surface area (Å²) in [4.78, 5) is 12.3. The minimum atomic E-state index is -3.78. The van der Waals surface area contributed by atoms with Gasteiger partial charge in [-0.15, -0.1) is 0 Å². The molecule has 0 unspecified atom stereocenters. The van der Waals surface area contributed by atoms with Gasteiger partial charge < -0.3 is 0 Å². The van der Waals surface area contributed by atoms with Gasteiger partial charge in [0.1, 0.15) is 0 Å². The van der Waals surface area contributed by atoms with Crippen LogP contribution in [0.25, 0.3) is 0 Å². The molecule has 2 aromatic carbocycles. The molecule has 0 heterocycles. The summed E-state index contributed by atoms with van der Waals surface area (Å²) in [6, 6.07) is 13.2. The fraction of sp³-hybridized carbons (Fsp3) is 0.250. The molecule has 5 heteroatoms. The van der Waals surface area contributed by atoms with Crippen molar-refractivity contribution in [2.24, 2.45) is 0 Å². The number of rotatable bonds is 7. The highest BCUT2D eigenvalue weighted by Gasteiger charge is 2.26. The number of benzene rings is 2. The number of nitrogens with one attached hydrogen (secondary N) is 1. The monoisotopic (exact) mass is 357 g/mol.